The Kier molecular flexibility index (Phi) is 8.60. The lowest BCUT2D eigenvalue weighted by Gasteiger charge is -2.31. The third-order valence-electron chi connectivity index (χ3n) is 5.47. The highest BCUT2D eigenvalue weighted by Crippen LogP contribution is 2.44. The largest absolute Gasteiger partial charge is 0.490 e. The Balaban J connectivity index is 0.000000633. The Hall–Kier alpha value is -2.90. The van der Waals surface area contributed by atoms with Crippen LogP contribution in [0.1, 0.15) is 20.3 Å². The topological polar surface area (TPSA) is 145 Å². The van der Waals surface area contributed by atoms with E-state index in [-0.39, 0.29) is 18.5 Å². The summed E-state index contributed by atoms with van der Waals surface area (Å²) < 4.78 is 36.7. The average molecular weight is 468 g/mol. The van der Waals surface area contributed by atoms with Gasteiger partial charge in [-0.25, -0.2) is 9.59 Å². The summed E-state index contributed by atoms with van der Waals surface area (Å²) in [7, 11) is 4.29. The molecule has 4 atom stereocenters. The SMILES string of the molecule is CCNC(=O)N(C)C[C@H]1N[C@@](CC)(C(=O)OC)[C@H]2C(=O)N(C)C(=O)[C@@H]12.O=C(O)C(F)(F)F. The van der Waals surface area contributed by atoms with Crippen LogP contribution in [0.3, 0.4) is 0 Å². The van der Waals surface area contributed by atoms with E-state index < -0.39 is 47.4 Å². The van der Waals surface area contributed by atoms with E-state index in [0.717, 1.165) is 4.90 Å². The molecule has 2 heterocycles. The summed E-state index contributed by atoms with van der Waals surface area (Å²) in [6, 6.07) is -0.795. The minimum atomic E-state index is -5.08. The smallest absolute Gasteiger partial charge is 0.475 e. The summed E-state index contributed by atoms with van der Waals surface area (Å²) in [6.45, 7) is 4.25. The maximum atomic E-state index is 12.6. The standard InChI is InChI=1S/C16H26N4O5.C2HF3O2/c1-6-16(14(23)25-5)11-10(12(21)20(4)13(11)22)9(18-16)8-19(3)15(24)17-7-2;3-2(4,5)1(6)7/h9-11,18H,6-8H2,1-5H3,(H,17,24);(H,6,7)/t9-,10+,11-,16-;/m1./s1. The Morgan fingerprint density at radius 3 is 2.19 bits per heavy atom. The van der Waals surface area contributed by atoms with E-state index in [0.29, 0.717) is 13.0 Å². The van der Waals surface area contributed by atoms with E-state index in [2.05, 4.69) is 10.6 Å². The number of halogens is 3. The molecule has 14 heteroatoms. The van der Waals surface area contributed by atoms with Gasteiger partial charge in [-0.05, 0) is 13.3 Å². The first-order valence-electron chi connectivity index (χ1n) is 9.66. The van der Waals surface area contributed by atoms with Crippen LogP contribution in [0.25, 0.3) is 0 Å². The number of esters is 1. The highest BCUT2D eigenvalue weighted by Gasteiger charge is 2.67. The number of carboxylic acids is 1. The van der Waals surface area contributed by atoms with Gasteiger partial charge in [0.15, 0.2) is 0 Å². The van der Waals surface area contributed by atoms with E-state index in [4.69, 9.17) is 14.6 Å². The fourth-order valence-electron chi connectivity index (χ4n) is 3.93. The molecule has 2 aliphatic rings. The van der Waals surface area contributed by atoms with Crippen LogP contribution in [0, 0.1) is 11.8 Å². The molecule has 0 aromatic carbocycles. The van der Waals surface area contributed by atoms with Crippen molar-refractivity contribution in [1.82, 2.24) is 20.4 Å². The zero-order valence-electron chi connectivity index (χ0n) is 18.3. The summed E-state index contributed by atoms with van der Waals surface area (Å²) in [5.41, 5.74) is -1.26. The number of nitrogens with zero attached hydrogens (tertiary/aromatic N) is 2. The summed E-state index contributed by atoms with van der Waals surface area (Å²) in [4.78, 5) is 61.1. The number of likely N-dealkylation sites (tertiary alicyclic amines) is 1. The van der Waals surface area contributed by atoms with Gasteiger partial charge in [0.2, 0.25) is 11.8 Å². The second kappa shape index (κ2) is 10.1. The number of urea groups is 1. The number of amides is 4. The molecule has 11 nitrogen and oxygen atoms in total. The van der Waals surface area contributed by atoms with Gasteiger partial charge in [0.1, 0.15) is 5.54 Å². The number of methoxy groups -OCH3 is 1. The number of carbonyl (C=O) groups is 5. The van der Waals surface area contributed by atoms with Gasteiger partial charge in [-0.1, -0.05) is 6.92 Å². The van der Waals surface area contributed by atoms with Gasteiger partial charge in [0, 0.05) is 33.2 Å². The highest BCUT2D eigenvalue weighted by molar-refractivity contribution is 6.09. The van der Waals surface area contributed by atoms with E-state index >= 15 is 0 Å². The van der Waals surface area contributed by atoms with E-state index in [1.54, 1.807) is 14.0 Å². The lowest BCUT2D eigenvalue weighted by Crippen LogP contribution is -2.58. The van der Waals surface area contributed by atoms with Gasteiger partial charge < -0.3 is 20.1 Å². The number of fused-ring (bicyclic) bond motifs is 1. The molecule has 0 aliphatic carbocycles. The second-order valence-electron chi connectivity index (χ2n) is 7.33. The number of likely N-dealkylation sites (N-methyl/N-ethyl adjacent to an activating group) is 1. The van der Waals surface area contributed by atoms with Crippen molar-refractivity contribution in [3.05, 3.63) is 0 Å². The van der Waals surface area contributed by atoms with Crippen molar-refractivity contribution in [2.24, 2.45) is 11.8 Å². The third-order valence-corrected chi connectivity index (χ3v) is 5.47. The number of aliphatic carboxylic acids is 1. The molecule has 2 fully saturated rings. The summed E-state index contributed by atoms with van der Waals surface area (Å²) in [6.07, 6.45) is -4.78. The second-order valence-corrected chi connectivity index (χ2v) is 7.33. The van der Waals surface area contributed by atoms with Gasteiger partial charge in [0.05, 0.1) is 18.9 Å². The fraction of sp³-hybridized carbons (Fsp3) is 0.722. The molecule has 2 rings (SSSR count). The van der Waals surface area contributed by atoms with Gasteiger partial charge in [-0.15, -0.1) is 0 Å². The molecule has 0 spiro atoms. The lowest BCUT2D eigenvalue weighted by atomic mass is 9.78. The lowest BCUT2D eigenvalue weighted by molar-refractivity contribution is -0.192. The number of imide groups is 1. The Morgan fingerprint density at radius 2 is 1.78 bits per heavy atom. The van der Waals surface area contributed by atoms with Crippen molar-refractivity contribution < 1.29 is 47.0 Å². The molecule has 0 radical (unpaired) electrons. The Morgan fingerprint density at radius 1 is 1.25 bits per heavy atom. The molecular weight excluding hydrogens is 441 g/mol. The summed E-state index contributed by atoms with van der Waals surface area (Å²) in [5.74, 6) is -5.57. The normalized spacial score (nSPS) is 26.8. The van der Waals surface area contributed by atoms with Crippen LogP contribution in [0.4, 0.5) is 18.0 Å². The first-order valence-corrected chi connectivity index (χ1v) is 9.66. The number of ether oxygens (including phenoxy) is 1. The van der Waals surface area contributed by atoms with Crippen molar-refractivity contribution >= 4 is 29.8 Å². The zero-order chi connectivity index (χ0) is 25.0. The van der Waals surface area contributed by atoms with Crippen LogP contribution in [-0.2, 0) is 23.9 Å². The van der Waals surface area contributed by atoms with Crippen LogP contribution in [0.5, 0.6) is 0 Å². The summed E-state index contributed by atoms with van der Waals surface area (Å²) in [5, 5.41) is 13.0. The van der Waals surface area contributed by atoms with Crippen LogP contribution < -0.4 is 10.6 Å². The van der Waals surface area contributed by atoms with Crippen molar-refractivity contribution in [1.29, 1.82) is 0 Å². The van der Waals surface area contributed by atoms with E-state index in [9.17, 15) is 32.3 Å². The Bertz CT molecular complexity index is 776. The highest BCUT2D eigenvalue weighted by atomic mass is 19.4. The molecule has 3 N–H and O–H groups in total. The predicted molar refractivity (Wildman–Crippen MR) is 102 cm³/mol. The molecule has 2 saturated heterocycles. The number of carbonyl (C=O) groups excluding carboxylic acids is 4. The molecule has 182 valence electrons. The Labute approximate surface area is 182 Å². The number of nitrogens with one attached hydrogen (secondary N) is 2. The first kappa shape index (κ1) is 27.1. The molecular formula is C18H27F3N4O7. The molecule has 0 aromatic rings. The van der Waals surface area contributed by atoms with Crippen LogP contribution >= 0.6 is 0 Å². The van der Waals surface area contributed by atoms with Crippen molar-refractivity contribution in [3.63, 3.8) is 0 Å². The predicted octanol–water partition coefficient (Wildman–Crippen LogP) is -0.194. The maximum absolute atomic E-state index is 12.6. The van der Waals surface area contributed by atoms with Crippen molar-refractivity contribution in [3.8, 4) is 0 Å². The monoisotopic (exact) mass is 468 g/mol. The molecule has 4 amide bonds. The molecule has 0 unspecified atom stereocenters. The number of carboxylic acid groups (broad SMARTS) is 1. The maximum Gasteiger partial charge on any atom is 0.490 e. The minimum absolute atomic E-state index is 0.193. The number of alkyl halides is 3. The van der Waals surface area contributed by atoms with Crippen molar-refractivity contribution in [2.45, 2.75) is 38.0 Å². The van der Waals surface area contributed by atoms with Crippen molar-refractivity contribution in [2.75, 3.05) is 34.3 Å². The molecule has 32 heavy (non-hydrogen) atoms. The van der Waals surface area contributed by atoms with Crippen LogP contribution in [0.2, 0.25) is 0 Å². The van der Waals surface area contributed by atoms with Crippen LogP contribution in [-0.4, -0.2) is 96.7 Å². The average Bonchev–Trinajstić information content (AvgIpc) is 3.16. The number of hydrogen-bond acceptors (Lipinski definition) is 7. The fourth-order valence-corrected chi connectivity index (χ4v) is 3.93. The zero-order valence-corrected chi connectivity index (χ0v) is 18.3. The number of rotatable bonds is 5. The van der Waals surface area contributed by atoms with Gasteiger partial charge in [-0.3, -0.25) is 24.6 Å². The molecule has 2 aliphatic heterocycles. The van der Waals surface area contributed by atoms with E-state index in [1.165, 1.54) is 19.1 Å². The van der Waals surface area contributed by atoms with Gasteiger partial charge >= 0.3 is 24.1 Å². The molecule has 0 saturated carbocycles. The molecule has 0 bridgehead atoms. The quantitative estimate of drug-likeness (QED) is 0.372. The van der Waals surface area contributed by atoms with Gasteiger partial charge in [-0.2, -0.15) is 13.2 Å². The van der Waals surface area contributed by atoms with Gasteiger partial charge in [0.25, 0.3) is 0 Å². The third kappa shape index (κ3) is 5.11. The molecule has 0 aromatic heterocycles. The number of hydrogen-bond donors (Lipinski definition) is 3. The minimum Gasteiger partial charge on any atom is -0.475 e. The summed E-state index contributed by atoms with van der Waals surface area (Å²) >= 11 is 0. The van der Waals surface area contributed by atoms with E-state index in [1.807, 2.05) is 6.92 Å². The van der Waals surface area contributed by atoms with Crippen LogP contribution in [0.15, 0.2) is 0 Å². The first-order chi connectivity index (χ1) is 14.7.